The van der Waals surface area contributed by atoms with Crippen LogP contribution in [0.4, 0.5) is 0 Å². The first-order chi connectivity index (χ1) is 16.4. The van der Waals surface area contributed by atoms with Crippen molar-refractivity contribution in [3.05, 3.63) is 53.6 Å². The molecule has 1 aliphatic rings. The van der Waals surface area contributed by atoms with E-state index in [1.165, 1.54) is 0 Å². The molecule has 0 aromatic heterocycles. The number of rotatable bonds is 14. The lowest BCUT2D eigenvalue weighted by atomic mass is 9.68. The summed E-state index contributed by atoms with van der Waals surface area (Å²) in [5.74, 6) is 2.91. The number of hydrogen-bond donors (Lipinski definition) is 2. The Hall–Kier alpha value is -2.05. The first-order valence-electron chi connectivity index (χ1n) is 12.6. The molecule has 0 amide bonds. The van der Waals surface area contributed by atoms with Crippen LogP contribution in [-0.4, -0.2) is 45.7 Å². The Balaban J connectivity index is 1.50. The minimum atomic E-state index is -0.642. The molecular formula is C28H40O5S. The molecule has 0 saturated heterocycles. The largest absolute Gasteiger partial charge is 0.508 e. The first kappa shape index (κ1) is 26.6. The van der Waals surface area contributed by atoms with Gasteiger partial charge in [0.1, 0.15) is 17.2 Å². The van der Waals surface area contributed by atoms with Crippen molar-refractivity contribution in [1.82, 2.24) is 0 Å². The molecule has 0 aliphatic carbocycles. The third kappa shape index (κ3) is 7.22. The van der Waals surface area contributed by atoms with Gasteiger partial charge in [-0.15, -0.1) is 0 Å². The molecule has 2 N–H and O–H groups in total. The molecule has 6 heteroatoms. The molecule has 5 nitrogen and oxygen atoms in total. The van der Waals surface area contributed by atoms with Crippen LogP contribution in [0.1, 0.15) is 75.8 Å². The minimum Gasteiger partial charge on any atom is -0.508 e. The van der Waals surface area contributed by atoms with Crippen molar-refractivity contribution < 1.29 is 23.9 Å². The van der Waals surface area contributed by atoms with Gasteiger partial charge in [0.05, 0.1) is 13.2 Å². The third-order valence-corrected chi connectivity index (χ3v) is 8.35. The number of ether oxygens (including phenoxy) is 2. The molecule has 2 aromatic carbocycles. The second kappa shape index (κ2) is 13.1. The molecule has 1 aliphatic heterocycles. The fourth-order valence-electron chi connectivity index (χ4n) is 4.61. The summed E-state index contributed by atoms with van der Waals surface area (Å²) in [5.41, 5.74) is 1.81. The Morgan fingerprint density at radius 3 is 2.41 bits per heavy atom. The number of fused-ring (bicyclic) bond motifs is 1. The van der Waals surface area contributed by atoms with Crippen molar-refractivity contribution in [3.63, 3.8) is 0 Å². The van der Waals surface area contributed by atoms with E-state index in [4.69, 9.17) is 9.47 Å². The van der Waals surface area contributed by atoms with E-state index in [1.807, 2.05) is 18.2 Å². The van der Waals surface area contributed by atoms with Gasteiger partial charge in [0.25, 0.3) is 0 Å². The van der Waals surface area contributed by atoms with Crippen LogP contribution in [-0.2, 0) is 21.0 Å². The Kier molecular flexibility index (Phi) is 10.3. The smallest absolute Gasteiger partial charge is 0.126 e. The Labute approximate surface area is 207 Å². The van der Waals surface area contributed by atoms with Gasteiger partial charge >= 0.3 is 0 Å². The Bertz CT molecular complexity index is 914. The van der Waals surface area contributed by atoms with Crippen molar-refractivity contribution in [2.75, 3.05) is 31.3 Å². The summed E-state index contributed by atoms with van der Waals surface area (Å²) in [6, 6.07) is 12.6. The Morgan fingerprint density at radius 1 is 0.971 bits per heavy atom. The average Bonchev–Trinajstić information content (AvgIpc) is 2.83. The molecule has 3 rings (SSSR count). The monoisotopic (exact) mass is 488 g/mol. The quantitative estimate of drug-likeness (QED) is 0.317. The summed E-state index contributed by atoms with van der Waals surface area (Å²) in [7, 11) is -0.642. The number of hydrogen-bond acceptors (Lipinski definition) is 5. The zero-order valence-corrected chi connectivity index (χ0v) is 21.4. The van der Waals surface area contributed by atoms with E-state index in [1.54, 1.807) is 24.3 Å². The molecule has 0 saturated carbocycles. The van der Waals surface area contributed by atoms with Gasteiger partial charge in [-0.2, -0.15) is 0 Å². The summed E-state index contributed by atoms with van der Waals surface area (Å²) >= 11 is 0. The molecule has 3 unspecified atom stereocenters. The Morgan fingerprint density at radius 2 is 1.65 bits per heavy atom. The third-order valence-electron chi connectivity index (χ3n) is 6.87. The molecule has 0 radical (unpaired) electrons. The van der Waals surface area contributed by atoms with Crippen LogP contribution in [0.5, 0.6) is 17.2 Å². The van der Waals surface area contributed by atoms with Crippen LogP contribution in [0.3, 0.4) is 0 Å². The highest BCUT2D eigenvalue weighted by Crippen LogP contribution is 2.47. The van der Waals surface area contributed by atoms with E-state index in [0.29, 0.717) is 25.6 Å². The highest BCUT2D eigenvalue weighted by molar-refractivity contribution is 7.84. The van der Waals surface area contributed by atoms with E-state index >= 15 is 0 Å². The van der Waals surface area contributed by atoms with E-state index in [-0.39, 0.29) is 22.8 Å². The van der Waals surface area contributed by atoms with Crippen molar-refractivity contribution in [2.24, 2.45) is 0 Å². The molecular weight excluding hydrogens is 448 g/mol. The van der Waals surface area contributed by atoms with Crippen LogP contribution in [0.15, 0.2) is 42.5 Å². The molecule has 0 bridgehead atoms. The van der Waals surface area contributed by atoms with Gasteiger partial charge in [-0.3, -0.25) is 4.21 Å². The van der Waals surface area contributed by atoms with Gasteiger partial charge in [-0.05, 0) is 43.0 Å². The minimum absolute atomic E-state index is 0.0690. The summed E-state index contributed by atoms with van der Waals surface area (Å²) in [6.07, 6.45) is 7.65. The predicted octanol–water partition coefficient (Wildman–Crippen LogP) is 6.05. The van der Waals surface area contributed by atoms with Crippen LogP contribution >= 0.6 is 0 Å². The second-order valence-electron chi connectivity index (χ2n) is 9.57. The summed E-state index contributed by atoms with van der Waals surface area (Å²) in [6.45, 7) is 6.06. The lowest BCUT2D eigenvalue weighted by Crippen LogP contribution is -2.42. The van der Waals surface area contributed by atoms with Crippen LogP contribution in [0.2, 0.25) is 0 Å². The second-order valence-corrected chi connectivity index (χ2v) is 11.3. The summed E-state index contributed by atoms with van der Waals surface area (Å²) in [4.78, 5) is 0. The fraction of sp³-hybridized carbons (Fsp3) is 0.571. The zero-order valence-electron chi connectivity index (χ0n) is 20.6. The molecule has 0 fully saturated rings. The van der Waals surface area contributed by atoms with Gasteiger partial charge in [-0.1, -0.05) is 57.7 Å². The molecule has 2 aromatic rings. The fourth-order valence-corrected chi connectivity index (χ4v) is 5.95. The van der Waals surface area contributed by atoms with Gasteiger partial charge in [-0.25, -0.2) is 0 Å². The maximum absolute atomic E-state index is 11.9. The molecule has 3 atom stereocenters. The van der Waals surface area contributed by atoms with Crippen molar-refractivity contribution in [3.8, 4) is 17.2 Å². The van der Waals surface area contributed by atoms with E-state index in [2.05, 4.69) is 13.8 Å². The van der Waals surface area contributed by atoms with E-state index in [9.17, 15) is 14.4 Å². The standard InChI is InChI=1S/C28H40O5S/c1-3-4-17-34(31)18-9-7-5-6-8-16-32-20-26-25-15-14-24(30)19-27(25)33-21-28(26,2)22-10-12-23(29)13-11-22/h10-15,19,26,29-30H,3-9,16-18,20-21H2,1-2H3. The maximum atomic E-state index is 11.9. The first-order valence-corrected chi connectivity index (χ1v) is 14.1. The van der Waals surface area contributed by atoms with Crippen molar-refractivity contribution >= 4 is 10.8 Å². The average molecular weight is 489 g/mol. The molecule has 0 spiro atoms. The molecule has 1 heterocycles. The SMILES string of the molecule is CCCCS(=O)CCCCCCCOCC1c2ccc(O)cc2OCC1(C)c1ccc(O)cc1. The molecule has 188 valence electrons. The zero-order chi connectivity index (χ0) is 24.4. The van der Waals surface area contributed by atoms with Crippen molar-refractivity contribution in [1.29, 1.82) is 0 Å². The normalized spacial score (nSPS) is 20.5. The summed E-state index contributed by atoms with van der Waals surface area (Å²) < 4.78 is 24.1. The van der Waals surface area contributed by atoms with Crippen LogP contribution < -0.4 is 4.74 Å². The number of phenols is 2. The lowest BCUT2D eigenvalue weighted by Gasteiger charge is -2.42. The van der Waals surface area contributed by atoms with Gasteiger partial charge in [0, 0.05) is 51.9 Å². The number of aromatic hydroxyl groups is 2. The van der Waals surface area contributed by atoms with Gasteiger partial charge in [0.2, 0.25) is 0 Å². The van der Waals surface area contributed by atoms with E-state index < -0.39 is 10.8 Å². The maximum Gasteiger partial charge on any atom is 0.126 e. The van der Waals surface area contributed by atoms with E-state index in [0.717, 1.165) is 67.6 Å². The predicted molar refractivity (Wildman–Crippen MR) is 138 cm³/mol. The highest BCUT2D eigenvalue weighted by Gasteiger charge is 2.42. The highest BCUT2D eigenvalue weighted by atomic mass is 32.2. The summed E-state index contributed by atoms with van der Waals surface area (Å²) in [5, 5.41) is 19.6. The van der Waals surface area contributed by atoms with Crippen LogP contribution in [0, 0.1) is 0 Å². The van der Waals surface area contributed by atoms with Crippen molar-refractivity contribution in [2.45, 2.75) is 70.1 Å². The number of phenolic OH excluding ortho intramolecular Hbond substituents is 2. The van der Waals surface area contributed by atoms with Gasteiger partial charge in [0.15, 0.2) is 0 Å². The van der Waals surface area contributed by atoms with Crippen LogP contribution in [0.25, 0.3) is 0 Å². The number of benzene rings is 2. The lowest BCUT2D eigenvalue weighted by molar-refractivity contribution is 0.0678. The van der Waals surface area contributed by atoms with Gasteiger partial charge < -0.3 is 19.7 Å². The number of unbranched alkanes of at least 4 members (excludes halogenated alkanes) is 5. The molecule has 34 heavy (non-hydrogen) atoms. The topological polar surface area (TPSA) is 76.0 Å².